The summed E-state index contributed by atoms with van der Waals surface area (Å²) >= 11 is 1.79. The highest BCUT2D eigenvalue weighted by molar-refractivity contribution is 7.98. The topological polar surface area (TPSA) is 41.1 Å². The number of carbonyl (C=O) groups excluding carboxylic acids is 1. The Morgan fingerprint density at radius 1 is 1.29 bits per heavy atom. The van der Waals surface area contributed by atoms with E-state index in [0.29, 0.717) is 6.42 Å². The Kier molecular flexibility index (Phi) is 10.7. The second-order valence-corrected chi connectivity index (χ2v) is 4.18. The van der Waals surface area contributed by atoms with E-state index in [1.165, 1.54) is 0 Å². The Labute approximate surface area is 91.4 Å². The predicted molar refractivity (Wildman–Crippen MR) is 63.8 cm³/mol. The summed E-state index contributed by atoms with van der Waals surface area (Å²) in [4.78, 5) is 11.2. The largest absolute Gasteiger partial charge is 0.355 e. The van der Waals surface area contributed by atoms with Crippen LogP contribution in [0.3, 0.4) is 0 Å². The van der Waals surface area contributed by atoms with Crippen LogP contribution in [-0.2, 0) is 4.79 Å². The Bertz CT molecular complexity index is 142. The van der Waals surface area contributed by atoms with Crippen LogP contribution in [0.1, 0.15) is 26.2 Å². The van der Waals surface area contributed by atoms with Crippen LogP contribution < -0.4 is 10.6 Å². The van der Waals surface area contributed by atoms with Gasteiger partial charge in [-0.3, -0.25) is 4.79 Å². The van der Waals surface area contributed by atoms with Gasteiger partial charge in [-0.2, -0.15) is 11.8 Å². The highest BCUT2D eigenvalue weighted by Crippen LogP contribution is 1.98. The molecular weight excluding hydrogens is 196 g/mol. The third-order valence-electron chi connectivity index (χ3n) is 1.80. The second-order valence-electron chi connectivity index (χ2n) is 3.20. The molecule has 0 aromatic heterocycles. The van der Waals surface area contributed by atoms with Gasteiger partial charge in [0.2, 0.25) is 5.91 Å². The van der Waals surface area contributed by atoms with Crippen molar-refractivity contribution in [2.75, 3.05) is 31.6 Å². The highest BCUT2D eigenvalue weighted by atomic mass is 32.2. The number of thioether (sulfide) groups is 1. The van der Waals surface area contributed by atoms with E-state index in [1.54, 1.807) is 11.8 Å². The molecule has 0 aromatic carbocycles. The van der Waals surface area contributed by atoms with E-state index in [1.807, 2.05) is 0 Å². The zero-order chi connectivity index (χ0) is 10.6. The smallest absolute Gasteiger partial charge is 0.220 e. The van der Waals surface area contributed by atoms with Crippen LogP contribution in [0.2, 0.25) is 0 Å². The second kappa shape index (κ2) is 10.9. The Morgan fingerprint density at radius 3 is 2.71 bits per heavy atom. The van der Waals surface area contributed by atoms with Crippen molar-refractivity contribution in [3.8, 4) is 0 Å². The number of amides is 1. The summed E-state index contributed by atoms with van der Waals surface area (Å²) in [7, 11) is 0. The van der Waals surface area contributed by atoms with Gasteiger partial charge in [-0.15, -0.1) is 0 Å². The van der Waals surface area contributed by atoms with Gasteiger partial charge in [0, 0.05) is 19.5 Å². The lowest BCUT2D eigenvalue weighted by Gasteiger charge is -2.05. The number of hydrogen-bond donors (Lipinski definition) is 2. The van der Waals surface area contributed by atoms with Gasteiger partial charge in [-0.25, -0.2) is 0 Å². The lowest BCUT2D eigenvalue weighted by Crippen LogP contribution is -2.31. The van der Waals surface area contributed by atoms with Gasteiger partial charge in [-0.05, 0) is 31.4 Å². The molecule has 0 rings (SSSR count). The van der Waals surface area contributed by atoms with Gasteiger partial charge in [0.05, 0.1) is 0 Å². The van der Waals surface area contributed by atoms with Gasteiger partial charge in [0.25, 0.3) is 0 Å². The maximum Gasteiger partial charge on any atom is 0.220 e. The molecule has 0 radical (unpaired) electrons. The van der Waals surface area contributed by atoms with Crippen molar-refractivity contribution in [3.63, 3.8) is 0 Å². The van der Waals surface area contributed by atoms with Gasteiger partial charge >= 0.3 is 0 Å². The summed E-state index contributed by atoms with van der Waals surface area (Å²) in [6.07, 6.45) is 4.85. The molecule has 84 valence electrons. The lowest BCUT2D eigenvalue weighted by atomic mass is 10.3. The first kappa shape index (κ1) is 13.8. The van der Waals surface area contributed by atoms with Gasteiger partial charge < -0.3 is 10.6 Å². The van der Waals surface area contributed by atoms with Crippen LogP contribution in [0.5, 0.6) is 0 Å². The van der Waals surface area contributed by atoms with E-state index in [4.69, 9.17) is 0 Å². The van der Waals surface area contributed by atoms with Crippen LogP contribution >= 0.6 is 11.8 Å². The Balaban J connectivity index is 3.10. The minimum absolute atomic E-state index is 0.178. The fourth-order valence-corrected chi connectivity index (χ4v) is 1.49. The SMILES string of the molecule is CCCNCCNC(=O)CCCSC. The quantitative estimate of drug-likeness (QED) is 0.572. The number of carbonyl (C=O) groups is 1. The van der Waals surface area contributed by atoms with Crippen molar-refractivity contribution in [3.05, 3.63) is 0 Å². The summed E-state index contributed by atoms with van der Waals surface area (Å²) in [6, 6.07) is 0. The van der Waals surface area contributed by atoms with Crippen LogP contribution in [0.4, 0.5) is 0 Å². The molecule has 0 unspecified atom stereocenters. The van der Waals surface area contributed by atoms with Crippen LogP contribution in [0.15, 0.2) is 0 Å². The summed E-state index contributed by atoms with van der Waals surface area (Å²) in [5.74, 6) is 1.25. The molecule has 0 bridgehead atoms. The minimum Gasteiger partial charge on any atom is -0.355 e. The Hall–Kier alpha value is -0.220. The minimum atomic E-state index is 0.178. The molecule has 2 N–H and O–H groups in total. The zero-order valence-electron chi connectivity index (χ0n) is 9.27. The van der Waals surface area contributed by atoms with Crippen molar-refractivity contribution in [1.82, 2.24) is 10.6 Å². The van der Waals surface area contributed by atoms with Gasteiger partial charge in [-0.1, -0.05) is 6.92 Å². The first-order valence-corrected chi connectivity index (χ1v) is 6.67. The molecule has 0 heterocycles. The molecule has 0 aromatic rings. The first-order valence-electron chi connectivity index (χ1n) is 5.27. The van der Waals surface area contributed by atoms with Crippen molar-refractivity contribution in [2.45, 2.75) is 26.2 Å². The zero-order valence-corrected chi connectivity index (χ0v) is 10.1. The van der Waals surface area contributed by atoms with Crippen LogP contribution in [0, 0.1) is 0 Å². The monoisotopic (exact) mass is 218 g/mol. The van der Waals surface area contributed by atoms with E-state index >= 15 is 0 Å². The molecule has 0 aliphatic rings. The molecule has 0 aliphatic heterocycles. The standard InChI is InChI=1S/C10H22N2OS/c1-3-6-11-7-8-12-10(13)5-4-9-14-2/h11H,3-9H2,1-2H3,(H,12,13). The third-order valence-corrected chi connectivity index (χ3v) is 2.50. The van der Waals surface area contributed by atoms with Crippen molar-refractivity contribution in [2.24, 2.45) is 0 Å². The molecule has 0 saturated carbocycles. The summed E-state index contributed by atoms with van der Waals surface area (Å²) in [5, 5.41) is 6.13. The molecule has 4 heteroatoms. The molecule has 0 atom stereocenters. The fourth-order valence-electron chi connectivity index (χ4n) is 1.06. The summed E-state index contributed by atoms with van der Waals surface area (Å²) < 4.78 is 0. The first-order chi connectivity index (χ1) is 6.81. The number of nitrogens with one attached hydrogen (secondary N) is 2. The van der Waals surface area contributed by atoms with E-state index in [-0.39, 0.29) is 5.91 Å². The molecular formula is C10H22N2OS. The van der Waals surface area contributed by atoms with Gasteiger partial charge in [0.15, 0.2) is 0 Å². The average Bonchev–Trinajstić information content (AvgIpc) is 2.18. The van der Waals surface area contributed by atoms with Crippen molar-refractivity contribution in [1.29, 1.82) is 0 Å². The van der Waals surface area contributed by atoms with Crippen LogP contribution in [0.25, 0.3) is 0 Å². The molecule has 1 amide bonds. The van der Waals surface area contributed by atoms with Crippen molar-refractivity contribution < 1.29 is 4.79 Å². The summed E-state index contributed by atoms with van der Waals surface area (Å²) in [6.45, 7) is 4.79. The average molecular weight is 218 g/mol. The third kappa shape index (κ3) is 9.86. The Morgan fingerprint density at radius 2 is 2.07 bits per heavy atom. The molecule has 0 spiro atoms. The fraction of sp³-hybridized carbons (Fsp3) is 0.900. The van der Waals surface area contributed by atoms with E-state index < -0.39 is 0 Å². The molecule has 0 saturated heterocycles. The van der Waals surface area contributed by atoms with E-state index in [0.717, 1.165) is 38.2 Å². The maximum atomic E-state index is 11.2. The van der Waals surface area contributed by atoms with E-state index in [9.17, 15) is 4.79 Å². The number of rotatable bonds is 9. The van der Waals surface area contributed by atoms with Crippen LogP contribution in [-0.4, -0.2) is 37.6 Å². The molecule has 0 fully saturated rings. The molecule has 14 heavy (non-hydrogen) atoms. The molecule has 3 nitrogen and oxygen atoms in total. The van der Waals surface area contributed by atoms with E-state index in [2.05, 4.69) is 23.8 Å². The van der Waals surface area contributed by atoms with Gasteiger partial charge in [0.1, 0.15) is 0 Å². The summed E-state index contributed by atoms with van der Waals surface area (Å²) in [5.41, 5.74) is 0. The number of hydrogen-bond acceptors (Lipinski definition) is 3. The van der Waals surface area contributed by atoms with Crippen molar-refractivity contribution >= 4 is 17.7 Å². The normalized spacial score (nSPS) is 10.1. The molecule has 0 aliphatic carbocycles. The predicted octanol–water partition coefficient (Wildman–Crippen LogP) is 1.25. The highest BCUT2D eigenvalue weighted by Gasteiger charge is 1.98. The maximum absolute atomic E-state index is 11.2. The lowest BCUT2D eigenvalue weighted by molar-refractivity contribution is -0.121.